The van der Waals surface area contributed by atoms with Crippen molar-refractivity contribution in [3.05, 3.63) is 59.3 Å². The van der Waals surface area contributed by atoms with Gasteiger partial charge in [-0.2, -0.15) is 0 Å². The van der Waals surface area contributed by atoms with Crippen molar-refractivity contribution in [2.45, 2.75) is 20.4 Å². The molecule has 0 saturated heterocycles. The Morgan fingerprint density at radius 1 is 1.29 bits per heavy atom. The van der Waals surface area contributed by atoms with E-state index in [0.717, 1.165) is 12.1 Å². The maximum Gasteiger partial charge on any atom is 0.257 e. The van der Waals surface area contributed by atoms with Crippen LogP contribution in [0.1, 0.15) is 28.4 Å². The third kappa shape index (κ3) is 3.81. The molecular formula is C17H21N3O. The lowest BCUT2D eigenvalue weighted by Crippen LogP contribution is -2.27. The van der Waals surface area contributed by atoms with E-state index in [1.165, 1.54) is 5.56 Å². The van der Waals surface area contributed by atoms with E-state index < -0.39 is 0 Å². The highest BCUT2D eigenvalue weighted by molar-refractivity contribution is 5.98. The first-order valence-electron chi connectivity index (χ1n) is 7.11. The highest BCUT2D eigenvalue weighted by Crippen LogP contribution is 2.15. The van der Waals surface area contributed by atoms with Crippen LogP contribution in [-0.2, 0) is 6.54 Å². The quantitative estimate of drug-likeness (QED) is 0.917. The first-order chi connectivity index (χ1) is 10.1. The van der Waals surface area contributed by atoms with E-state index in [2.05, 4.69) is 29.4 Å². The number of pyridine rings is 1. The molecule has 1 heterocycles. The number of carbonyl (C=O) groups is 1. The van der Waals surface area contributed by atoms with Crippen LogP contribution in [-0.4, -0.2) is 29.4 Å². The second-order valence-electron chi connectivity index (χ2n) is 5.08. The zero-order valence-corrected chi connectivity index (χ0v) is 12.8. The van der Waals surface area contributed by atoms with Gasteiger partial charge in [0.05, 0.1) is 5.56 Å². The van der Waals surface area contributed by atoms with E-state index in [1.807, 2.05) is 26.1 Å². The van der Waals surface area contributed by atoms with Gasteiger partial charge in [-0.15, -0.1) is 0 Å². The summed E-state index contributed by atoms with van der Waals surface area (Å²) in [6.45, 7) is 5.36. The number of nitrogens with zero attached hydrogens (tertiary/aromatic N) is 2. The summed E-state index contributed by atoms with van der Waals surface area (Å²) >= 11 is 0. The van der Waals surface area contributed by atoms with Crippen molar-refractivity contribution in [1.29, 1.82) is 0 Å². The molecule has 21 heavy (non-hydrogen) atoms. The molecule has 110 valence electrons. The van der Waals surface area contributed by atoms with Gasteiger partial charge in [-0.3, -0.25) is 4.79 Å². The Kier molecular flexibility index (Phi) is 4.93. The number of hydrogen-bond acceptors (Lipinski definition) is 3. The Morgan fingerprint density at radius 2 is 2.10 bits per heavy atom. The van der Waals surface area contributed by atoms with E-state index in [9.17, 15) is 4.79 Å². The topological polar surface area (TPSA) is 45.2 Å². The van der Waals surface area contributed by atoms with Gasteiger partial charge in [-0.1, -0.05) is 29.8 Å². The van der Waals surface area contributed by atoms with Crippen molar-refractivity contribution in [2.24, 2.45) is 0 Å². The third-order valence-electron chi connectivity index (χ3n) is 3.23. The zero-order chi connectivity index (χ0) is 15.2. The van der Waals surface area contributed by atoms with Crippen molar-refractivity contribution in [3.8, 4) is 0 Å². The summed E-state index contributed by atoms with van der Waals surface area (Å²) in [5.41, 5.74) is 2.93. The molecule has 0 spiro atoms. The number of aromatic nitrogens is 1. The molecular weight excluding hydrogens is 262 g/mol. The number of benzene rings is 1. The highest BCUT2D eigenvalue weighted by Gasteiger charge is 2.16. The molecule has 1 N–H and O–H groups in total. The van der Waals surface area contributed by atoms with Crippen molar-refractivity contribution in [3.63, 3.8) is 0 Å². The number of carbonyl (C=O) groups excluding carboxylic acids is 1. The Bertz CT molecular complexity index is 625. The van der Waals surface area contributed by atoms with Gasteiger partial charge < -0.3 is 10.2 Å². The molecule has 0 bridgehead atoms. The first kappa shape index (κ1) is 15.0. The van der Waals surface area contributed by atoms with Gasteiger partial charge in [0.15, 0.2) is 0 Å². The average molecular weight is 283 g/mol. The van der Waals surface area contributed by atoms with Crippen molar-refractivity contribution in [2.75, 3.05) is 18.9 Å². The largest absolute Gasteiger partial charge is 0.370 e. The minimum Gasteiger partial charge on any atom is -0.370 e. The molecule has 0 fully saturated rings. The molecule has 1 amide bonds. The standard InChI is InChI=1S/C17H21N3O/c1-4-18-16-15(9-6-10-19-16)17(21)20(3)12-14-8-5-7-13(2)11-14/h5-11H,4,12H2,1-3H3,(H,18,19). The van der Waals surface area contributed by atoms with Crippen LogP contribution in [0.2, 0.25) is 0 Å². The van der Waals surface area contributed by atoms with Gasteiger partial charge in [0.25, 0.3) is 5.91 Å². The van der Waals surface area contributed by atoms with Crippen LogP contribution in [0.15, 0.2) is 42.6 Å². The molecule has 0 aliphatic rings. The number of amides is 1. The summed E-state index contributed by atoms with van der Waals surface area (Å²) < 4.78 is 0. The fourth-order valence-corrected chi connectivity index (χ4v) is 2.25. The minimum absolute atomic E-state index is 0.0273. The minimum atomic E-state index is -0.0273. The Labute approximate surface area is 125 Å². The van der Waals surface area contributed by atoms with Crippen LogP contribution in [0.5, 0.6) is 0 Å². The van der Waals surface area contributed by atoms with Crippen LogP contribution in [0.3, 0.4) is 0 Å². The number of nitrogens with one attached hydrogen (secondary N) is 1. The first-order valence-corrected chi connectivity index (χ1v) is 7.11. The fraction of sp³-hybridized carbons (Fsp3) is 0.294. The lowest BCUT2D eigenvalue weighted by Gasteiger charge is -2.19. The van der Waals surface area contributed by atoms with Gasteiger partial charge in [0, 0.05) is 26.3 Å². The summed E-state index contributed by atoms with van der Waals surface area (Å²) in [6.07, 6.45) is 1.69. The van der Waals surface area contributed by atoms with Crippen LogP contribution in [0.25, 0.3) is 0 Å². The summed E-state index contributed by atoms with van der Waals surface area (Å²) in [5, 5.41) is 3.13. The third-order valence-corrected chi connectivity index (χ3v) is 3.23. The molecule has 0 atom stereocenters. The Morgan fingerprint density at radius 3 is 2.81 bits per heavy atom. The molecule has 1 aromatic heterocycles. The Balaban J connectivity index is 2.16. The average Bonchev–Trinajstić information content (AvgIpc) is 2.47. The van der Waals surface area contributed by atoms with E-state index >= 15 is 0 Å². The SMILES string of the molecule is CCNc1ncccc1C(=O)N(C)Cc1cccc(C)c1. The van der Waals surface area contributed by atoms with E-state index in [-0.39, 0.29) is 5.91 Å². The Hall–Kier alpha value is -2.36. The highest BCUT2D eigenvalue weighted by atomic mass is 16.2. The molecule has 1 aromatic carbocycles. The van der Waals surface area contributed by atoms with Gasteiger partial charge >= 0.3 is 0 Å². The second-order valence-corrected chi connectivity index (χ2v) is 5.08. The van der Waals surface area contributed by atoms with Crippen LogP contribution in [0.4, 0.5) is 5.82 Å². The van der Waals surface area contributed by atoms with Crippen LogP contribution < -0.4 is 5.32 Å². The molecule has 2 rings (SSSR count). The van der Waals surface area contributed by atoms with Crippen molar-refractivity contribution >= 4 is 11.7 Å². The monoisotopic (exact) mass is 283 g/mol. The molecule has 0 aliphatic carbocycles. The molecule has 0 saturated carbocycles. The second kappa shape index (κ2) is 6.88. The van der Waals surface area contributed by atoms with Gasteiger partial charge in [-0.05, 0) is 31.5 Å². The molecule has 0 unspecified atom stereocenters. The van der Waals surface area contributed by atoms with E-state index in [4.69, 9.17) is 0 Å². The molecule has 0 aliphatic heterocycles. The van der Waals surface area contributed by atoms with E-state index in [0.29, 0.717) is 17.9 Å². The smallest absolute Gasteiger partial charge is 0.257 e. The van der Waals surface area contributed by atoms with Gasteiger partial charge in [0.1, 0.15) is 5.82 Å². The summed E-state index contributed by atoms with van der Waals surface area (Å²) in [5.74, 6) is 0.613. The van der Waals surface area contributed by atoms with Crippen molar-refractivity contribution < 1.29 is 4.79 Å². The maximum atomic E-state index is 12.6. The van der Waals surface area contributed by atoms with E-state index in [1.54, 1.807) is 23.2 Å². The number of anilines is 1. The zero-order valence-electron chi connectivity index (χ0n) is 12.8. The summed E-state index contributed by atoms with van der Waals surface area (Å²) in [7, 11) is 1.81. The molecule has 0 radical (unpaired) electrons. The maximum absolute atomic E-state index is 12.6. The number of hydrogen-bond donors (Lipinski definition) is 1. The molecule has 4 heteroatoms. The van der Waals surface area contributed by atoms with Crippen LogP contribution >= 0.6 is 0 Å². The number of aryl methyl sites for hydroxylation is 1. The van der Waals surface area contributed by atoms with Gasteiger partial charge in [0.2, 0.25) is 0 Å². The summed E-state index contributed by atoms with van der Waals surface area (Å²) in [6, 6.07) is 11.8. The van der Waals surface area contributed by atoms with Crippen LogP contribution in [0, 0.1) is 6.92 Å². The predicted octanol–water partition coefficient (Wildman–Crippen LogP) is 3.09. The normalized spacial score (nSPS) is 10.2. The van der Waals surface area contributed by atoms with Gasteiger partial charge in [-0.25, -0.2) is 4.98 Å². The lowest BCUT2D eigenvalue weighted by atomic mass is 10.1. The predicted molar refractivity (Wildman–Crippen MR) is 85.4 cm³/mol. The fourth-order valence-electron chi connectivity index (χ4n) is 2.25. The summed E-state index contributed by atoms with van der Waals surface area (Å²) in [4.78, 5) is 18.5. The lowest BCUT2D eigenvalue weighted by molar-refractivity contribution is 0.0785. The molecule has 4 nitrogen and oxygen atoms in total. The number of rotatable bonds is 5. The van der Waals surface area contributed by atoms with Crippen molar-refractivity contribution in [1.82, 2.24) is 9.88 Å². The molecule has 2 aromatic rings.